The van der Waals surface area contributed by atoms with Crippen LogP contribution >= 0.6 is 15.9 Å². The summed E-state index contributed by atoms with van der Waals surface area (Å²) < 4.78 is 27.8. The highest BCUT2D eigenvalue weighted by atomic mass is 79.9. The highest BCUT2D eigenvalue weighted by Gasteiger charge is 2.17. The fourth-order valence-electron chi connectivity index (χ4n) is 1.87. The molecule has 0 spiro atoms. The minimum Gasteiger partial charge on any atom is -0.320 e. The summed E-state index contributed by atoms with van der Waals surface area (Å²) in [7, 11) is 0. The zero-order valence-corrected chi connectivity index (χ0v) is 11.3. The van der Waals surface area contributed by atoms with Crippen molar-refractivity contribution in [2.45, 2.75) is 13.0 Å². The molecule has 0 amide bonds. The third kappa shape index (κ3) is 2.44. The summed E-state index contributed by atoms with van der Waals surface area (Å²) in [6, 6.07) is 8.95. The second kappa shape index (κ2) is 5.16. The predicted molar refractivity (Wildman–Crippen MR) is 71.3 cm³/mol. The number of hydrogen-bond donors (Lipinski definition) is 1. The highest BCUT2D eigenvalue weighted by molar-refractivity contribution is 9.10. The molecule has 0 aromatic heterocycles. The first-order valence-electron chi connectivity index (χ1n) is 5.46. The standard InChI is InChI=1S/C14H12BrF2N/c1-8-5-6-9(15)7-11(8)14(18)10-3-2-4-12(16)13(10)17/h2-7,14H,18H2,1H3. The van der Waals surface area contributed by atoms with E-state index < -0.39 is 17.7 Å². The van der Waals surface area contributed by atoms with Crippen molar-refractivity contribution in [3.8, 4) is 0 Å². The second-order valence-corrected chi connectivity index (χ2v) is 5.04. The van der Waals surface area contributed by atoms with E-state index in [4.69, 9.17) is 5.73 Å². The van der Waals surface area contributed by atoms with Gasteiger partial charge in [0.05, 0.1) is 6.04 Å². The van der Waals surface area contributed by atoms with Crippen LogP contribution < -0.4 is 5.73 Å². The van der Waals surface area contributed by atoms with Gasteiger partial charge in [0, 0.05) is 10.0 Å². The molecule has 2 rings (SSSR count). The molecule has 2 N–H and O–H groups in total. The average molecular weight is 312 g/mol. The van der Waals surface area contributed by atoms with Crippen LogP contribution in [0.2, 0.25) is 0 Å². The maximum Gasteiger partial charge on any atom is 0.163 e. The van der Waals surface area contributed by atoms with E-state index in [-0.39, 0.29) is 5.56 Å². The van der Waals surface area contributed by atoms with Gasteiger partial charge in [-0.2, -0.15) is 0 Å². The molecular formula is C14H12BrF2N. The van der Waals surface area contributed by atoms with Gasteiger partial charge in [-0.3, -0.25) is 0 Å². The molecule has 1 unspecified atom stereocenters. The highest BCUT2D eigenvalue weighted by Crippen LogP contribution is 2.27. The van der Waals surface area contributed by atoms with Crippen LogP contribution in [0.4, 0.5) is 8.78 Å². The van der Waals surface area contributed by atoms with E-state index in [0.717, 1.165) is 21.7 Å². The van der Waals surface area contributed by atoms with Crippen LogP contribution in [0.3, 0.4) is 0 Å². The summed E-state index contributed by atoms with van der Waals surface area (Å²) >= 11 is 3.35. The monoisotopic (exact) mass is 311 g/mol. The first-order valence-corrected chi connectivity index (χ1v) is 6.25. The van der Waals surface area contributed by atoms with Gasteiger partial charge in [-0.25, -0.2) is 8.78 Å². The minimum absolute atomic E-state index is 0.163. The van der Waals surface area contributed by atoms with E-state index in [0.29, 0.717) is 0 Å². The molecule has 0 aliphatic rings. The van der Waals surface area contributed by atoms with Crippen molar-refractivity contribution < 1.29 is 8.78 Å². The third-order valence-electron chi connectivity index (χ3n) is 2.89. The van der Waals surface area contributed by atoms with Crippen molar-refractivity contribution in [2.75, 3.05) is 0 Å². The Bertz CT molecular complexity index is 582. The van der Waals surface area contributed by atoms with Crippen LogP contribution in [-0.2, 0) is 0 Å². The maximum atomic E-state index is 13.7. The molecule has 1 nitrogen and oxygen atoms in total. The van der Waals surface area contributed by atoms with Crippen molar-refractivity contribution in [3.63, 3.8) is 0 Å². The number of rotatable bonds is 2. The van der Waals surface area contributed by atoms with Crippen LogP contribution in [0.15, 0.2) is 40.9 Å². The van der Waals surface area contributed by atoms with Crippen molar-refractivity contribution in [2.24, 2.45) is 5.73 Å². The zero-order valence-electron chi connectivity index (χ0n) is 9.75. The summed E-state index contributed by atoms with van der Waals surface area (Å²) in [4.78, 5) is 0. The zero-order chi connectivity index (χ0) is 13.3. The molecule has 0 saturated carbocycles. The molecule has 0 aliphatic heterocycles. The summed E-state index contributed by atoms with van der Waals surface area (Å²) in [6.45, 7) is 1.89. The molecule has 18 heavy (non-hydrogen) atoms. The lowest BCUT2D eigenvalue weighted by atomic mass is 9.95. The maximum absolute atomic E-state index is 13.7. The lowest BCUT2D eigenvalue weighted by molar-refractivity contribution is 0.494. The van der Waals surface area contributed by atoms with Crippen molar-refractivity contribution in [3.05, 3.63) is 69.2 Å². The van der Waals surface area contributed by atoms with Gasteiger partial charge in [-0.05, 0) is 36.2 Å². The van der Waals surface area contributed by atoms with Gasteiger partial charge in [0.15, 0.2) is 11.6 Å². The second-order valence-electron chi connectivity index (χ2n) is 4.12. The largest absolute Gasteiger partial charge is 0.320 e. The number of benzene rings is 2. The number of halogens is 3. The minimum atomic E-state index is -0.885. The lowest BCUT2D eigenvalue weighted by Crippen LogP contribution is -2.15. The van der Waals surface area contributed by atoms with Crippen LogP contribution in [0, 0.1) is 18.6 Å². The van der Waals surface area contributed by atoms with Gasteiger partial charge in [0.1, 0.15) is 0 Å². The molecule has 0 aliphatic carbocycles. The topological polar surface area (TPSA) is 26.0 Å². The molecule has 0 heterocycles. The molecule has 0 bridgehead atoms. The molecule has 1 atom stereocenters. The smallest absolute Gasteiger partial charge is 0.163 e. The number of hydrogen-bond acceptors (Lipinski definition) is 1. The Labute approximate surface area is 113 Å². The van der Waals surface area contributed by atoms with E-state index in [9.17, 15) is 8.78 Å². The van der Waals surface area contributed by atoms with Crippen molar-refractivity contribution in [1.29, 1.82) is 0 Å². The average Bonchev–Trinajstić information content (AvgIpc) is 2.35. The molecule has 0 fully saturated rings. The fraction of sp³-hybridized carbons (Fsp3) is 0.143. The molecule has 94 valence electrons. The first-order chi connectivity index (χ1) is 8.50. The van der Waals surface area contributed by atoms with E-state index in [2.05, 4.69) is 15.9 Å². The fourth-order valence-corrected chi connectivity index (χ4v) is 2.25. The van der Waals surface area contributed by atoms with E-state index >= 15 is 0 Å². The number of nitrogens with two attached hydrogens (primary N) is 1. The van der Waals surface area contributed by atoms with Crippen molar-refractivity contribution >= 4 is 15.9 Å². The summed E-state index contributed by atoms with van der Waals surface area (Å²) in [5.41, 5.74) is 7.90. The van der Waals surface area contributed by atoms with Crippen molar-refractivity contribution in [1.82, 2.24) is 0 Å². The number of aryl methyl sites for hydroxylation is 1. The van der Waals surface area contributed by atoms with Gasteiger partial charge >= 0.3 is 0 Å². The Hall–Kier alpha value is -1.26. The van der Waals surface area contributed by atoms with Crippen LogP contribution in [0.5, 0.6) is 0 Å². The van der Waals surface area contributed by atoms with Crippen LogP contribution in [0.25, 0.3) is 0 Å². The summed E-state index contributed by atoms with van der Waals surface area (Å²) in [5.74, 6) is -1.76. The molecule has 0 saturated heterocycles. The quantitative estimate of drug-likeness (QED) is 0.888. The van der Waals surface area contributed by atoms with Gasteiger partial charge in [0.25, 0.3) is 0 Å². The van der Waals surface area contributed by atoms with Gasteiger partial charge in [-0.15, -0.1) is 0 Å². The Kier molecular flexibility index (Phi) is 3.78. The summed E-state index contributed by atoms with van der Waals surface area (Å²) in [6.07, 6.45) is 0. The van der Waals surface area contributed by atoms with Crippen LogP contribution in [0.1, 0.15) is 22.7 Å². The Morgan fingerprint density at radius 3 is 2.56 bits per heavy atom. The Balaban J connectivity index is 2.51. The third-order valence-corrected chi connectivity index (χ3v) is 3.39. The van der Waals surface area contributed by atoms with Crippen LogP contribution in [-0.4, -0.2) is 0 Å². The van der Waals surface area contributed by atoms with E-state index in [1.165, 1.54) is 12.1 Å². The van der Waals surface area contributed by atoms with E-state index in [1.807, 2.05) is 25.1 Å². The lowest BCUT2D eigenvalue weighted by Gasteiger charge is -2.16. The molecular weight excluding hydrogens is 300 g/mol. The normalized spacial score (nSPS) is 12.5. The SMILES string of the molecule is Cc1ccc(Br)cc1C(N)c1cccc(F)c1F. The Morgan fingerprint density at radius 1 is 1.11 bits per heavy atom. The Morgan fingerprint density at radius 2 is 1.83 bits per heavy atom. The molecule has 2 aromatic rings. The predicted octanol–water partition coefficient (Wildman–Crippen LogP) is 4.08. The van der Waals surface area contributed by atoms with Gasteiger partial charge < -0.3 is 5.73 Å². The van der Waals surface area contributed by atoms with Gasteiger partial charge in [-0.1, -0.05) is 34.1 Å². The van der Waals surface area contributed by atoms with Gasteiger partial charge in [0.2, 0.25) is 0 Å². The molecule has 2 aromatic carbocycles. The first kappa shape index (κ1) is 13.2. The molecule has 0 radical (unpaired) electrons. The van der Waals surface area contributed by atoms with E-state index in [1.54, 1.807) is 0 Å². The summed E-state index contributed by atoms with van der Waals surface area (Å²) in [5, 5.41) is 0. The molecule has 4 heteroatoms.